The molecular weight excluding hydrogens is 270 g/mol. The van der Waals surface area contributed by atoms with E-state index >= 15 is 0 Å². The summed E-state index contributed by atoms with van der Waals surface area (Å²) in [6.45, 7) is 6.80. The van der Waals surface area contributed by atoms with E-state index in [0.717, 1.165) is 18.5 Å². The molecule has 3 unspecified atom stereocenters. The van der Waals surface area contributed by atoms with Gasteiger partial charge >= 0.3 is 0 Å². The van der Waals surface area contributed by atoms with Gasteiger partial charge in [-0.1, -0.05) is 33.3 Å². The number of benzene rings is 1. The lowest BCUT2D eigenvalue weighted by Gasteiger charge is -2.36. The third kappa shape index (κ3) is 3.21. The van der Waals surface area contributed by atoms with Crippen molar-refractivity contribution in [2.75, 3.05) is 5.32 Å². The van der Waals surface area contributed by atoms with Crippen molar-refractivity contribution < 1.29 is 4.79 Å². The Kier molecular flexibility index (Phi) is 4.56. The van der Waals surface area contributed by atoms with Crippen molar-refractivity contribution in [3.8, 4) is 0 Å². The van der Waals surface area contributed by atoms with Gasteiger partial charge in [-0.3, -0.25) is 4.79 Å². The number of hydrogen-bond donors (Lipinski definition) is 1. The van der Waals surface area contributed by atoms with Gasteiger partial charge in [0.15, 0.2) is 0 Å². The van der Waals surface area contributed by atoms with Gasteiger partial charge in [-0.2, -0.15) is 0 Å². The number of anilines is 1. The first-order chi connectivity index (χ1) is 10.5. The molecule has 1 aromatic carbocycles. The highest BCUT2D eigenvalue weighted by Gasteiger charge is 2.35. The molecule has 1 aromatic rings. The molecule has 2 aliphatic carbocycles. The molecule has 0 radical (unpaired) electrons. The number of carbonyl (C=O) groups excluding carboxylic acids is 1. The Labute approximate surface area is 134 Å². The summed E-state index contributed by atoms with van der Waals surface area (Å²) in [4.78, 5) is 12.8. The molecular formula is C20H29NO. The fourth-order valence-corrected chi connectivity index (χ4v) is 4.39. The van der Waals surface area contributed by atoms with Gasteiger partial charge < -0.3 is 5.32 Å². The average molecular weight is 299 g/mol. The quantitative estimate of drug-likeness (QED) is 0.851. The van der Waals surface area contributed by atoms with Gasteiger partial charge in [0.05, 0.1) is 0 Å². The number of hydrogen-bond acceptors (Lipinski definition) is 1. The van der Waals surface area contributed by atoms with E-state index < -0.39 is 0 Å². The molecule has 3 rings (SSSR count). The highest BCUT2D eigenvalue weighted by Crippen LogP contribution is 2.38. The van der Waals surface area contributed by atoms with Crippen LogP contribution >= 0.6 is 0 Å². The third-order valence-electron chi connectivity index (χ3n) is 5.73. The highest BCUT2D eigenvalue weighted by molar-refractivity contribution is 5.93. The van der Waals surface area contributed by atoms with Crippen molar-refractivity contribution in [2.24, 2.45) is 23.7 Å². The summed E-state index contributed by atoms with van der Waals surface area (Å²) in [7, 11) is 0. The molecule has 0 heterocycles. The predicted molar refractivity (Wildman–Crippen MR) is 91.9 cm³/mol. The summed E-state index contributed by atoms with van der Waals surface area (Å²) in [5.41, 5.74) is 3.88. The molecule has 1 amide bonds. The van der Waals surface area contributed by atoms with Crippen molar-refractivity contribution >= 4 is 11.6 Å². The van der Waals surface area contributed by atoms with Crippen LogP contribution in [0.25, 0.3) is 0 Å². The van der Waals surface area contributed by atoms with Gasteiger partial charge in [-0.25, -0.2) is 0 Å². The Morgan fingerprint density at radius 3 is 2.73 bits per heavy atom. The summed E-state index contributed by atoms with van der Waals surface area (Å²) in [6.07, 6.45) is 7.11. The normalized spacial score (nSPS) is 27.7. The van der Waals surface area contributed by atoms with E-state index in [2.05, 4.69) is 44.3 Å². The predicted octanol–water partition coefficient (Wildman–Crippen LogP) is 4.82. The minimum atomic E-state index is 0.178. The smallest absolute Gasteiger partial charge is 0.227 e. The van der Waals surface area contributed by atoms with Crippen LogP contribution in [-0.4, -0.2) is 5.91 Å². The topological polar surface area (TPSA) is 29.1 Å². The molecule has 1 N–H and O–H groups in total. The fraction of sp³-hybridized carbons (Fsp3) is 0.650. The van der Waals surface area contributed by atoms with Crippen molar-refractivity contribution in [3.63, 3.8) is 0 Å². The van der Waals surface area contributed by atoms with Crippen molar-refractivity contribution in [3.05, 3.63) is 29.3 Å². The van der Waals surface area contributed by atoms with Gasteiger partial charge in [-0.05, 0) is 73.1 Å². The summed E-state index contributed by atoms with van der Waals surface area (Å²) in [6, 6.07) is 6.47. The molecule has 0 saturated heterocycles. The van der Waals surface area contributed by atoms with Crippen molar-refractivity contribution in [2.45, 2.75) is 59.3 Å². The van der Waals surface area contributed by atoms with Crippen LogP contribution in [0.1, 0.15) is 57.6 Å². The first kappa shape index (κ1) is 15.6. The molecule has 2 nitrogen and oxygen atoms in total. The highest BCUT2D eigenvalue weighted by atomic mass is 16.1. The van der Waals surface area contributed by atoms with Gasteiger partial charge in [0.2, 0.25) is 5.91 Å². The maximum Gasteiger partial charge on any atom is 0.227 e. The summed E-state index contributed by atoms with van der Waals surface area (Å²) >= 11 is 0. The summed E-state index contributed by atoms with van der Waals surface area (Å²) < 4.78 is 0. The Morgan fingerprint density at radius 2 is 1.95 bits per heavy atom. The molecule has 3 atom stereocenters. The third-order valence-corrected chi connectivity index (χ3v) is 5.73. The van der Waals surface area contributed by atoms with Crippen LogP contribution in [0.3, 0.4) is 0 Å². The first-order valence-corrected chi connectivity index (χ1v) is 8.97. The zero-order valence-corrected chi connectivity index (χ0v) is 14.2. The van der Waals surface area contributed by atoms with E-state index in [9.17, 15) is 4.79 Å². The molecule has 22 heavy (non-hydrogen) atoms. The SMILES string of the molecule is CC1CCC(C(C)C)C(C(=O)Nc2ccc3c(c2)CCC3)C1. The molecule has 0 spiro atoms. The zero-order valence-electron chi connectivity index (χ0n) is 14.2. The van der Waals surface area contributed by atoms with Crippen LogP contribution < -0.4 is 5.32 Å². The Hall–Kier alpha value is -1.31. The number of aryl methyl sites for hydroxylation is 2. The number of amides is 1. The molecule has 2 aliphatic rings. The van der Waals surface area contributed by atoms with Gasteiger partial charge in [-0.15, -0.1) is 0 Å². The molecule has 0 bridgehead atoms. The lowest BCUT2D eigenvalue weighted by Crippen LogP contribution is -2.36. The van der Waals surface area contributed by atoms with Crippen LogP contribution in [0.5, 0.6) is 0 Å². The van der Waals surface area contributed by atoms with E-state index in [0.29, 0.717) is 17.8 Å². The minimum Gasteiger partial charge on any atom is -0.326 e. The molecule has 0 aliphatic heterocycles. The summed E-state index contributed by atoms with van der Waals surface area (Å²) in [5, 5.41) is 3.21. The lowest BCUT2D eigenvalue weighted by atomic mass is 9.70. The zero-order chi connectivity index (χ0) is 15.7. The second-order valence-electron chi connectivity index (χ2n) is 7.76. The van der Waals surface area contributed by atoms with Gasteiger partial charge in [0.25, 0.3) is 0 Å². The van der Waals surface area contributed by atoms with E-state index in [1.165, 1.54) is 36.8 Å². The largest absolute Gasteiger partial charge is 0.326 e. The van der Waals surface area contributed by atoms with E-state index in [4.69, 9.17) is 0 Å². The van der Waals surface area contributed by atoms with E-state index in [-0.39, 0.29) is 11.8 Å². The molecule has 2 heteroatoms. The number of fused-ring (bicyclic) bond motifs is 1. The second-order valence-corrected chi connectivity index (χ2v) is 7.76. The molecule has 120 valence electrons. The molecule has 0 aromatic heterocycles. The second kappa shape index (κ2) is 6.44. The van der Waals surface area contributed by atoms with Crippen molar-refractivity contribution in [1.29, 1.82) is 0 Å². The van der Waals surface area contributed by atoms with Crippen LogP contribution in [0, 0.1) is 23.7 Å². The van der Waals surface area contributed by atoms with E-state index in [1.807, 2.05) is 0 Å². The van der Waals surface area contributed by atoms with Crippen LogP contribution in [-0.2, 0) is 17.6 Å². The minimum absolute atomic E-state index is 0.178. The Morgan fingerprint density at radius 1 is 1.18 bits per heavy atom. The Bertz CT molecular complexity index is 549. The average Bonchev–Trinajstić information content (AvgIpc) is 2.94. The monoisotopic (exact) mass is 299 g/mol. The van der Waals surface area contributed by atoms with Crippen LogP contribution in [0.15, 0.2) is 18.2 Å². The van der Waals surface area contributed by atoms with E-state index in [1.54, 1.807) is 0 Å². The Balaban J connectivity index is 1.72. The number of carbonyl (C=O) groups is 1. The molecule has 1 fully saturated rings. The fourth-order valence-electron chi connectivity index (χ4n) is 4.39. The van der Waals surface area contributed by atoms with Crippen molar-refractivity contribution in [1.82, 2.24) is 0 Å². The van der Waals surface area contributed by atoms with Crippen LogP contribution in [0.4, 0.5) is 5.69 Å². The molecule has 1 saturated carbocycles. The van der Waals surface area contributed by atoms with Gasteiger partial charge in [0, 0.05) is 11.6 Å². The van der Waals surface area contributed by atoms with Crippen LogP contribution in [0.2, 0.25) is 0 Å². The first-order valence-electron chi connectivity index (χ1n) is 8.97. The maximum absolute atomic E-state index is 12.8. The van der Waals surface area contributed by atoms with Gasteiger partial charge in [0.1, 0.15) is 0 Å². The standard InChI is InChI=1S/C20H29NO/c1-13(2)18-10-7-14(3)11-19(18)20(22)21-17-9-8-15-5-4-6-16(15)12-17/h8-9,12-14,18-19H,4-7,10-11H2,1-3H3,(H,21,22). The number of rotatable bonds is 3. The summed E-state index contributed by atoms with van der Waals surface area (Å²) in [5.74, 6) is 2.21. The lowest BCUT2D eigenvalue weighted by molar-refractivity contribution is -0.123. The number of nitrogens with one attached hydrogen (secondary N) is 1. The maximum atomic E-state index is 12.8.